The molecule has 2 rings (SSSR count). The van der Waals surface area contributed by atoms with Crippen LogP contribution in [0.15, 0.2) is 24.3 Å². The van der Waals surface area contributed by atoms with E-state index in [0.29, 0.717) is 5.75 Å². The van der Waals surface area contributed by atoms with Gasteiger partial charge in [-0.3, -0.25) is 4.79 Å². The molecule has 104 valence electrons. The molecule has 4 nitrogen and oxygen atoms in total. The molecule has 1 saturated carbocycles. The van der Waals surface area contributed by atoms with Crippen molar-refractivity contribution in [2.75, 3.05) is 6.61 Å². The third kappa shape index (κ3) is 4.24. The predicted octanol–water partition coefficient (Wildman–Crippen LogP) is 1.79. The molecule has 0 heterocycles. The Balaban J connectivity index is 1.78. The third-order valence-corrected chi connectivity index (χ3v) is 3.44. The second-order valence-corrected chi connectivity index (χ2v) is 5.13. The Morgan fingerprint density at radius 3 is 2.95 bits per heavy atom. The lowest BCUT2D eigenvalue weighted by Crippen LogP contribution is -2.46. The maximum atomic E-state index is 11.8. The summed E-state index contributed by atoms with van der Waals surface area (Å²) in [6.45, 7) is 1.97. The van der Waals surface area contributed by atoms with Gasteiger partial charge in [-0.1, -0.05) is 25.0 Å². The molecule has 2 N–H and O–H groups in total. The first-order valence-corrected chi connectivity index (χ1v) is 6.82. The molecule has 0 saturated heterocycles. The number of hydrogen-bond donors (Lipinski definition) is 2. The lowest BCUT2D eigenvalue weighted by Gasteiger charge is -2.28. The lowest BCUT2D eigenvalue weighted by molar-refractivity contribution is -0.125. The van der Waals surface area contributed by atoms with Crippen LogP contribution in [0.25, 0.3) is 0 Å². The predicted molar refractivity (Wildman–Crippen MR) is 73.1 cm³/mol. The summed E-state index contributed by atoms with van der Waals surface area (Å²) in [6.07, 6.45) is 3.28. The van der Waals surface area contributed by atoms with Crippen LogP contribution < -0.4 is 10.1 Å². The van der Waals surface area contributed by atoms with Gasteiger partial charge in [-0.25, -0.2) is 0 Å². The van der Waals surface area contributed by atoms with Crippen molar-refractivity contribution in [2.24, 2.45) is 0 Å². The molecule has 0 aromatic heterocycles. The minimum atomic E-state index is -0.420. The molecule has 0 radical (unpaired) electrons. The van der Waals surface area contributed by atoms with Gasteiger partial charge in [0.05, 0.1) is 12.1 Å². The van der Waals surface area contributed by atoms with Crippen LogP contribution >= 0.6 is 0 Å². The molecule has 0 aliphatic heterocycles. The van der Waals surface area contributed by atoms with Gasteiger partial charge >= 0.3 is 0 Å². The lowest BCUT2D eigenvalue weighted by atomic mass is 9.92. The van der Waals surface area contributed by atoms with E-state index in [4.69, 9.17) is 4.74 Å². The molecule has 0 bridgehead atoms. The summed E-state index contributed by atoms with van der Waals surface area (Å²) in [4.78, 5) is 11.8. The zero-order chi connectivity index (χ0) is 13.7. The summed E-state index contributed by atoms with van der Waals surface area (Å²) in [7, 11) is 0. The summed E-state index contributed by atoms with van der Waals surface area (Å²) in [6, 6.07) is 7.47. The van der Waals surface area contributed by atoms with Crippen LogP contribution in [0.5, 0.6) is 5.75 Å². The van der Waals surface area contributed by atoms with Crippen molar-refractivity contribution < 1.29 is 14.6 Å². The maximum absolute atomic E-state index is 11.8. The molecule has 2 atom stereocenters. The number of hydrogen-bond acceptors (Lipinski definition) is 3. The molecule has 4 heteroatoms. The fraction of sp³-hybridized carbons (Fsp3) is 0.533. The van der Waals surface area contributed by atoms with Gasteiger partial charge in [-0.05, 0) is 37.5 Å². The van der Waals surface area contributed by atoms with E-state index in [0.717, 1.165) is 31.2 Å². The largest absolute Gasteiger partial charge is 0.484 e. The number of aliphatic hydroxyl groups excluding tert-OH is 1. The van der Waals surface area contributed by atoms with Crippen LogP contribution in [0.4, 0.5) is 0 Å². The molecule has 19 heavy (non-hydrogen) atoms. The van der Waals surface area contributed by atoms with Gasteiger partial charge in [0.25, 0.3) is 5.91 Å². The summed E-state index contributed by atoms with van der Waals surface area (Å²) in [5.74, 6) is 0.520. The van der Waals surface area contributed by atoms with Gasteiger partial charge in [0.2, 0.25) is 0 Å². The number of aliphatic hydroxyl groups is 1. The fourth-order valence-electron chi connectivity index (χ4n) is 2.38. The van der Waals surface area contributed by atoms with Crippen molar-refractivity contribution in [3.8, 4) is 5.75 Å². The second kappa shape index (κ2) is 6.57. The Morgan fingerprint density at radius 2 is 2.21 bits per heavy atom. The Kier molecular flexibility index (Phi) is 4.80. The van der Waals surface area contributed by atoms with E-state index in [9.17, 15) is 9.90 Å². The number of aryl methyl sites for hydroxylation is 1. The molecule has 1 aromatic carbocycles. The van der Waals surface area contributed by atoms with Gasteiger partial charge < -0.3 is 15.2 Å². The van der Waals surface area contributed by atoms with Crippen LogP contribution in [-0.4, -0.2) is 29.8 Å². The van der Waals surface area contributed by atoms with Crippen molar-refractivity contribution in [1.29, 1.82) is 0 Å². The van der Waals surface area contributed by atoms with Gasteiger partial charge in [0.15, 0.2) is 6.61 Å². The summed E-state index contributed by atoms with van der Waals surface area (Å²) < 4.78 is 5.43. The van der Waals surface area contributed by atoms with Gasteiger partial charge in [-0.15, -0.1) is 0 Å². The highest BCUT2D eigenvalue weighted by Crippen LogP contribution is 2.18. The molecule has 1 aliphatic rings. The van der Waals surface area contributed by atoms with Crippen molar-refractivity contribution in [3.63, 3.8) is 0 Å². The monoisotopic (exact) mass is 263 g/mol. The first-order chi connectivity index (χ1) is 9.15. The number of rotatable bonds is 4. The number of ether oxygens (including phenoxy) is 1. The normalized spacial score (nSPS) is 22.8. The number of amides is 1. The van der Waals surface area contributed by atoms with Gasteiger partial charge in [-0.2, -0.15) is 0 Å². The zero-order valence-corrected chi connectivity index (χ0v) is 11.3. The van der Waals surface area contributed by atoms with E-state index < -0.39 is 6.10 Å². The van der Waals surface area contributed by atoms with Crippen LogP contribution in [-0.2, 0) is 4.79 Å². The van der Waals surface area contributed by atoms with E-state index in [1.165, 1.54) is 0 Å². The Hall–Kier alpha value is -1.55. The summed E-state index contributed by atoms with van der Waals surface area (Å²) in [5.41, 5.74) is 1.10. The Labute approximate surface area is 113 Å². The SMILES string of the molecule is Cc1cccc(OCC(=O)N[C@H]2CCCC[C@@H]2O)c1. The summed E-state index contributed by atoms with van der Waals surface area (Å²) in [5, 5.41) is 12.6. The van der Waals surface area contributed by atoms with Crippen molar-refractivity contribution in [2.45, 2.75) is 44.8 Å². The average Bonchev–Trinajstić information content (AvgIpc) is 2.39. The third-order valence-electron chi connectivity index (χ3n) is 3.44. The highest BCUT2D eigenvalue weighted by Gasteiger charge is 2.24. The van der Waals surface area contributed by atoms with Crippen molar-refractivity contribution in [1.82, 2.24) is 5.32 Å². The van der Waals surface area contributed by atoms with Crippen LogP contribution in [0.3, 0.4) is 0 Å². The number of benzene rings is 1. The minimum absolute atomic E-state index is 0.00727. The number of carbonyl (C=O) groups excluding carboxylic acids is 1. The fourth-order valence-corrected chi connectivity index (χ4v) is 2.38. The standard InChI is InChI=1S/C15H21NO3/c1-11-5-4-6-12(9-11)19-10-15(18)16-13-7-2-3-8-14(13)17/h4-6,9,13-14,17H,2-3,7-8,10H2,1H3,(H,16,18)/t13-,14-/m0/s1. The highest BCUT2D eigenvalue weighted by molar-refractivity contribution is 5.77. The smallest absolute Gasteiger partial charge is 0.258 e. The van der Waals surface area contributed by atoms with Crippen molar-refractivity contribution >= 4 is 5.91 Å². The summed E-state index contributed by atoms with van der Waals surface area (Å²) >= 11 is 0. The van der Waals surface area contributed by atoms with Crippen molar-refractivity contribution in [3.05, 3.63) is 29.8 Å². The van der Waals surface area contributed by atoms with Crippen LogP contribution in [0, 0.1) is 6.92 Å². The molecule has 1 fully saturated rings. The minimum Gasteiger partial charge on any atom is -0.484 e. The average molecular weight is 263 g/mol. The van der Waals surface area contributed by atoms with Gasteiger partial charge in [0.1, 0.15) is 5.75 Å². The van der Waals surface area contributed by atoms with Crippen LogP contribution in [0.1, 0.15) is 31.2 Å². The zero-order valence-electron chi connectivity index (χ0n) is 11.3. The van der Waals surface area contributed by atoms with Crippen LogP contribution in [0.2, 0.25) is 0 Å². The molecule has 1 amide bonds. The Morgan fingerprint density at radius 1 is 1.42 bits per heavy atom. The van der Waals surface area contributed by atoms with E-state index in [2.05, 4.69) is 5.32 Å². The Bertz CT molecular complexity index is 433. The maximum Gasteiger partial charge on any atom is 0.258 e. The molecular formula is C15H21NO3. The van der Waals surface area contributed by atoms with E-state index in [-0.39, 0.29) is 18.6 Å². The van der Waals surface area contributed by atoms with Gasteiger partial charge in [0, 0.05) is 0 Å². The second-order valence-electron chi connectivity index (χ2n) is 5.13. The molecule has 1 aliphatic carbocycles. The van der Waals surface area contributed by atoms with E-state index >= 15 is 0 Å². The topological polar surface area (TPSA) is 58.6 Å². The number of nitrogens with one attached hydrogen (secondary N) is 1. The highest BCUT2D eigenvalue weighted by atomic mass is 16.5. The molecule has 0 unspecified atom stereocenters. The molecule has 0 spiro atoms. The molecule has 1 aromatic rings. The first kappa shape index (κ1) is 13.9. The quantitative estimate of drug-likeness (QED) is 0.870. The first-order valence-electron chi connectivity index (χ1n) is 6.82. The number of carbonyl (C=O) groups is 1. The van der Waals surface area contributed by atoms with E-state index in [1.54, 1.807) is 0 Å². The van der Waals surface area contributed by atoms with E-state index in [1.807, 2.05) is 31.2 Å². The molecular weight excluding hydrogens is 242 g/mol.